The summed E-state index contributed by atoms with van der Waals surface area (Å²) in [7, 11) is 1.93. The molecular formula is C23H25FN6O2. The third-order valence-electron chi connectivity index (χ3n) is 6.14. The van der Waals surface area contributed by atoms with E-state index in [4.69, 9.17) is 4.74 Å². The maximum Gasteiger partial charge on any atom is 0.237 e. The van der Waals surface area contributed by atoms with Crippen molar-refractivity contribution in [1.82, 2.24) is 25.2 Å². The minimum absolute atomic E-state index is 0.0979. The SMILES string of the molecule is CN1CC[C@H]2C[C@H]1C(=O)NCC(F)COc1c(-c3cncnc3)ccc3ncc(cc13)N2. The van der Waals surface area contributed by atoms with Crippen LogP contribution in [0.15, 0.2) is 43.1 Å². The van der Waals surface area contributed by atoms with Crippen molar-refractivity contribution in [3.63, 3.8) is 0 Å². The van der Waals surface area contributed by atoms with Crippen LogP contribution in [-0.4, -0.2) is 70.8 Å². The molecule has 0 radical (unpaired) electrons. The number of hydrogen-bond acceptors (Lipinski definition) is 7. The summed E-state index contributed by atoms with van der Waals surface area (Å²) >= 11 is 0. The normalized spacial score (nSPS) is 24.3. The average Bonchev–Trinajstić information content (AvgIpc) is 2.82. The van der Waals surface area contributed by atoms with Gasteiger partial charge in [-0.2, -0.15) is 0 Å². The van der Waals surface area contributed by atoms with Crippen molar-refractivity contribution in [2.45, 2.75) is 31.1 Å². The highest BCUT2D eigenvalue weighted by Crippen LogP contribution is 2.37. The number of ether oxygens (including phenoxy) is 1. The number of anilines is 1. The molecule has 8 nitrogen and oxygen atoms in total. The van der Waals surface area contributed by atoms with Crippen molar-refractivity contribution < 1.29 is 13.9 Å². The van der Waals surface area contributed by atoms with Crippen molar-refractivity contribution in [1.29, 1.82) is 0 Å². The molecule has 166 valence electrons. The molecule has 9 heteroatoms. The lowest BCUT2D eigenvalue weighted by atomic mass is 9.96. The standard InChI is InChI=1S/C23H25FN6O2/c1-30-5-4-16-7-21(30)23(31)28-10-15(24)12-32-22-18(14-8-25-13-26-9-14)2-3-20-19(22)6-17(29-16)11-27-20/h2-3,6,8-9,11,13,15-16,21,29H,4-5,7,10,12H2,1H3,(H,28,31)/t15?,16-,21-/m0/s1. The van der Waals surface area contributed by atoms with Gasteiger partial charge in [-0.05, 0) is 38.1 Å². The van der Waals surface area contributed by atoms with Gasteiger partial charge in [0.1, 0.15) is 18.7 Å². The summed E-state index contributed by atoms with van der Waals surface area (Å²) in [6.07, 6.45) is 6.82. The van der Waals surface area contributed by atoms with Crippen LogP contribution in [0.2, 0.25) is 0 Å². The summed E-state index contributed by atoms with van der Waals surface area (Å²) in [4.78, 5) is 27.5. The Balaban J connectivity index is 1.59. The van der Waals surface area contributed by atoms with Crippen LogP contribution in [0, 0.1) is 0 Å². The molecule has 2 N–H and O–H groups in total. The number of rotatable bonds is 1. The second-order valence-corrected chi connectivity index (χ2v) is 8.38. The highest BCUT2D eigenvalue weighted by Gasteiger charge is 2.32. The predicted octanol–water partition coefficient (Wildman–Crippen LogP) is 2.41. The number of piperidine rings is 1. The fourth-order valence-electron chi connectivity index (χ4n) is 4.39. The smallest absolute Gasteiger partial charge is 0.237 e. The second-order valence-electron chi connectivity index (χ2n) is 8.38. The van der Waals surface area contributed by atoms with Gasteiger partial charge >= 0.3 is 0 Å². The molecule has 1 unspecified atom stereocenters. The molecule has 2 aliphatic heterocycles. The molecule has 2 aromatic heterocycles. The molecule has 3 aromatic rings. The van der Waals surface area contributed by atoms with Crippen molar-refractivity contribution in [3.8, 4) is 16.9 Å². The third kappa shape index (κ3) is 4.08. The number of carbonyl (C=O) groups is 1. The lowest BCUT2D eigenvalue weighted by Crippen LogP contribution is -2.53. The molecule has 5 rings (SSSR count). The number of aromatic nitrogens is 3. The number of likely N-dealkylation sites (N-methyl/N-ethyl adjacent to an activating group) is 1. The van der Waals surface area contributed by atoms with Gasteiger partial charge in [-0.1, -0.05) is 0 Å². The summed E-state index contributed by atoms with van der Waals surface area (Å²) in [5, 5.41) is 7.08. The van der Waals surface area contributed by atoms with Gasteiger partial charge in [0.15, 0.2) is 6.17 Å². The number of likely N-dealkylation sites (tertiary alicyclic amines) is 1. The van der Waals surface area contributed by atoms with E-state index in [0.717, 1.165) is 40.7 Å². The Bertz CT molecular complexity index is 1130. The molecule has 0 saturated carbocycles. The topological polar surface area (TPSA) is 92.3 Å². The number of alkyl halides is 1. The molecule has 1 aromatic carbocycles. The van der Waals surface area contributed by atoms with Crippen molar-refractivity contribution in [2.24, 2.45) is 0 Å². The molecule has 0 aliphatic carbocycles. The summed E-state index contributed by atoms with van der Waals surface area (Å²) in [6, 6.07) is 5.59. The highest BCUT2D eigenvalue weighted by atomic mass is 19.1. The molecule has 1 saturated heterocycles. The number of nitrogens with zero attached hydrogens (tertiary/aromatic N) is 4. The Kier molecular flexibility index (Phi) is 5.57. The van der Waals surface area contributed by atoms with Gasteiger partial charge in [0, 0.05) is 41.5 Å². The summed E-state index contributed by atoms with van der Waals surface area (Å²) in [6.45, 7) is 0.489. The number of hydrogen-bond donors (Lipinski definition) is 2. The summed E-state index contributed by atoms with van der Waals surface area (Å²) < 4.78 is 20.7. The lowest BCUT2D eigenvalue weighted by molar-refractivity contribution is -0.127. The van der Waals surface area contributed by atoms with E-state index in [1.54, 1.807) is 18.6 Å². The van der Waals surface area contributed by atoms with Crippen LogP contribution in [0.5, 0.6) is 5.75 Å². The molecule has 1 fully saturated rings. The fraction of sp³-hybridized carbons (Fsp3) is 0.391. The van der Waals surface area contributed by atoms with Crippen LogP contribution in [0.3, 0.4) is 0 Å². The Hall–Kier alpha value is -3.33. The van der Waals surface area contributed by atoms with Crippen LogP contribution in [0.25, 0.3) is 22.0 Å². The van der Waals surface area contributed by atoms with Crippen LogP contribution >= 0.6 is 0 Å². The molecule has 4 bridgehead atoms. The van der Waals surface area contributed by atoms with E-state index in [1.165, 1.54) is 6.33 Å². The van der Waals surface area contributed by atoms with Crippen LogP contribution in [-0.2, 0) is 4.79 Å². The largest absolute Gasteiger partial charge is 0.489 e. The monoisotopic (exact) mass is 436 g/mol. The lowest BCUT2D eigenvalue weighted by Gasteiger charge is -2.37. The quantitative estimate of drug-likeness (QED) is 0.605. The number of amides is 1. The molecule has 32 heavy (non-hydrogen) atoms. The summed E-state index contributed by atoms with van der Waals surface area (Å²) in [5.41, 5.74) is 3.13. The molecule has 1 amide bonds. The van der Waals surface area contributed by atoms with Crippen LogP contribution < -0.4 is 15.4 Å². The van der Waals surface area contributed by atoms with Gasteiger partial charge in [0.05, 0.1) is 30.0 Å². The first kappa shape index (κ1) is 20.6. The van der Waals surface area contributed by atoms with Crippen molar-refractivity contribution in [3.05, 3.63) is 43.1 Å². The number of halogens is 1. The first-order chi connectivity index (χ1) is 15.6. The van der Waals surface area contributed by atoms with Gasteiger partial charge in [-0.25, -0.2) is 14.4 Å². The van der Waals surface area contributed by atoms with Crippen molar-refractivity contribution in [2.75, 3.05) is 32.1 Å². The Labute approximate surface area is 185 Å². The number of carbonyl (C=O) groups excluding carboxylic acids is 1. The Morgan fingerprint density at radius 1 is 1.22 bits per heavy atom. The Morgan fingerprint density at radius 3 is 2.91 bits per heavy atom. The number of pyridine rings is 1. The van der Waals surface area contributed by atoms with E-state index < -0.39 is 6.17 Å². The molecule has 3 atom stereocenters. The number of benzene rings is 1. The van der Waals surface area contributed by atoms with E-state index in [1.807, 2.05) is 30.1 Å². The van der Waals surface area contributed by atoms with Gasteiger partial charge in [0.25, 0.3) is 0 Å². The van der Waals surface area contributed by atoms with E-state index in [0.29, 0.717) is 12.2 Å². The number of nitrogens with one attached hydrogen (secondary N) is 2. The van der Waals surface area contributed by atoms with Gasteiger partial charge in [-0.3, -0.25) is 14.7 Å². The Morgan fingerprint density at radius 2 is 2.06 bits per heavy atom. The molecular weight excluding hydrogens is 411 g/mol. The van der Waals surface area contributed by atoms with E-state index >= 15 is 0 Å². The minimum atomic E-state index is -1.35. The zero-order chi connectivity index (χ0) is 22.1. The highest BCUT2D eigenvalue weighted by molar-refractivity contribution is 5.94. The van der Waals surface area contributed by atoms with Crippen LogP contribution in [0.1, 0.15) is 12.8 Å². The fourth-order valence-corrected chi connectivity index (χ4v) is 4.39. The minimum Gasteiger partial charge on any atom is -0.489 e. The first-order valence-corrected chi connectivity index (χ1v) is 10.8. The van der Waals surface area contributed by atoms with Crippen LogP contribution in [0.4, 0.5) is 10.1 Å². The first-order valence-electron chi connectivity index (χ1n) is 10.8. The van der Waals surface area contributed by atoms with E-state index in [2.05, 4.69) is 25.6 Å². The predicted molar refractivity (Wildman–Crippen MR) is 119 cm³/mol. The number of fused-ring (bicyclic) bond motifs is 3. The maximum absolute atomic E-state index is 14.7. The zero-order valence-electron chi connectivity index (χ0n) is 17.8. The van der Waals surface area contributed by atoms with E-state index in [-0.39, 0.29) is 31.1 Å². The summed E-state index contributed by atoms with van der Waals surface area (Å²) in [5.74, 6) is 0.371. The van der Waals surface area contributed by atoms with Crippen molar-refractivity contribution >= 4 is 22.5 Å². The second kappa shape index (κ2) is 8.66. The average molecular weight is 436 g/mol. The molecule has 2 aliphatic rings. The third-order valence-corrected chi connectivity index (χ3v) is 6.14. The molecule has 4 heterocycles. The van der Waals surface area contributed by atoms with Gasteiger partial charge in [0.2, 0.25) is 5.91 Å². The van der Waals surface area contributed by atoms with Gasteiger partial charge < -0.3 is 15.4 Å². The molecule has 0 spiro atoms. The van der Waals surface area contributed by atoms with E-state index in [9.17, 15) is 9.18 Å². The zero-order valence-corrected chi connectivity index (χ0v) is 17.8. The van der Waals surface area contributed by atoms with Gasteiger partial charge in [-0.15, -0.1) is 0 Å². The maximum atomic E-state index is 14.7.